The molecule has 1 amide bonds. The lowest BCUT2D eigenvalue weighted by molar-refractivity contribution is 0.0412. The molecule has 4 heteroatoms. The molecule has 1 N–H and O–H groups in total. The van der Waals surface area contributed by atoms with E-state index >= 15 is 0 Å². The van der Waals surface area contributed by atoms with E-state index in [0.29, 0.717) is 22.4 Å². The summed E-state index contributed by atoms with van der Waals surface area (Å²) in [5, 5.41) is 2.71. The number of carbonyl (C=O) groups is 2. The van der Waals surface area contributed by atoms with Crippen molar-refractivity contribution in [1.29, 1.82) is 0 Å². The largest absolute Gasteiger partial charge is 0.455 e. The van der Waals surface area contributed by atoms with Gasteiger partial charge in [-0.15, -0.1) is 0 Å². The zero-order valence-corrected chi connectivity index (χ0v) is 10.8. The summed E-state index contributed by atoms with van der Waals surface area (Å²) in [5.41, 5.74) is 1.09. The van der Waals surface area contributed by atoms with E-state index in [1.807, 2.05) is 19.1 Å². The predicted octanol–water partition coefficient (Wildman–Crippen LogP) is 2.17. The van der Waals surface area contributed by atoms with E-state index in [9.17, 15) is 9.59 Å². The summed E-state index contributed by atoms with van der Waals surface area (Å²) in [7, 11) is 0. The molecule has 0 saturated carbocycles. The first-order valence-corrected chi connectivity index (χ1v) is 6.39. The van der Waals surface area contributed by atoms with Crippen molar-refractivity contribution in [1.82, 2.24) is 5.32 Å². The normalized spacial score (nSPS) is 22.4. The first-order chi connectivity index (χ1) is 9.63. The van der Waals surface area contributed by atoms with Crippen LogP contribution in [0.4, 0.5) is 0 Å². The molecule has 0 saturated heterocycles. The van der Waals surface area contributed by atoms with Gasteiger partial charge < -0.3 is 10.1 Å². The van der Waals surface area contributed by atoms with Crippen LogP contribution in [0.3, 0.4) is 0 Å². The number of benzene rings is 2. The molecule has 1 unspecified atom stereocenters. The number of nitrogens with one attached hydrogen (secondary N) is 1. The van der Waals surface area contributed by atoms with Gasteiger partial charge in [0.15, 0.2) is 0 Å². The third-order valence-corrected chi connectivity index (χ3v) is 3.87. The first-order valence-electron chi connectivity index (χ1n) is 6.39. The Hall–Kier alpha value is -2.62. The molecule has 0 aliphatic carbocycles. The second-order valence-electron chi connectivity index (χ2n) is 5.06. The zero-order valence-electron chi connectivity index (χ0n) is 10.8. The Labute approximate surface area is 115 Å². The van der Waals surface area contributed by atoms with E-state index in [0.717, 1.165) is 5.56 Å². The van der Waals surface area contributed by atoms with Crippen LogP contribution in [0.1, 0.15) is 31.8 Å². The summed E-state index contributed by atoms with van der Waals surface area (Å²) in [4.78, 5) is 24.8. The van der Waals surface area contributed by atoms with Crippen LogP contribution in [0.15, 0.2) is 42.5 Å². The number of ketones is 1. The maximum Gasteiger partial charge on any atom is 0.274 e. The lowest BCUT2D eigenvalue weighted by atomic mass is 9.95. The molecule has 0 radical (unpaired) electrons. The van der Waals surface area contributed by atoms with Gasteiger partial charge in [0.25, 0.3) is 11.6 Å². The number of aryl methyl sites for hydroxylation is 1. The van der Waals surface area contributed by atoms with E-state index < -0.39 is 5.72 Å². The number of fused-ring (bicyclic) bond motifs is 3. The van der Waals surface area contributed by atoms with Crippen LogP contribution in [-0.2, 0) is 5.72 Å². The predicted molar refractivity (Wildman–Crippen MR) is 71.7 cm³/mol. The molecule has 98 valence electrons. The lowest BCUT2D eigenvalue weighted by Crippen LogP contribution is -2.47. The van der Waals surface area contributed by atoms with Crippen LogP contribution in [-0.4, -0.2) is 11.7 Å². The monoisotopic (exact) mass is 265 g/mol. The highest BCUT2D eigenvalue weighted by molar-refractivity contribution is 6.15. The van der Waals surface area contributed by atoms with E-state index in [1.165, 1.54) is 0 Å². The van der Waals surface area contributed by atoms with Crippen LogP contribution in [0.25, 0.3) is 0 Å². The van der Waals surface area contributed by atoms with Crippen LogP contribution in [0, 0.1) is 6.92 Å². The van der Waals surface area contributed by atoms with Gasteiger partial charge in [0.2, 0.25) is 5.78 Å². The van der Waals surface area contributed by atoms with Crippen molar-refractivity contribution < 1.29 is 14.3 Å². The first kappa shape index (κ1) is 11.2. The second-order valence-corrected chi connectivity index (χ2v) is 5.06. The molecule has 20 heavy (non-hydrogen) atoms. The van der Waals surface area contributed by atoms with Crippen LogP contribution >= 0.6 is 0 Å². The Morgan fingerprint density at radius 2 is 1.75 bits per heavy atom. The number of ether oxygens (including phenoxy) is 1. The number of Topliss-reactive ketones (excluding diaryl/α,β-unsaturated/α-hetero) is 1. The van der Waals surface area contributed by atoms with E-state index in [-0.39, 0.29) is 11.7 Å². The molecule has 0 fully saturated rings. The molecule has 0 aromatic heterocycles. The summed E-state index contributed by atoms with van der Waals surface area (Å²) in [6.07, 6.45) is 0. The van der Waals surface area contributed by atoms with Crippen molar-refractivity contribution in [3.8, 4) is 5.75 Å². The van der Waals surface area contributed by atoms with Gasteiger partial charge in [-0.25, -0.2) is 0 Å². The fourth-order valence-electron chi connectivity index (χ4n) is 2.90. The Morgan fingerprint density at radius 1 is 1.00 bits per heavy atom. The van der Waals surface area contributed by atoms with Gasteiger partial charge in [0.1, 0.15) is 5.75 Å². The Kier molecular flexibility index (Phi) is 1.95. The minimum absolute atomic E-state index is 0.213. The molecule has 4 rings (SSSR count). The lowest BCUT2D eigenvalue weighted by Gasteiger charge is -2.22. The minimum Gasteiger partial charge on any atom is -0.455 e. The van der Waals surface area contributed by atoms with Crippen molar-refractivity contribution >= 4 is 11.7 Å². The third kappa shape index (κ3) is 1.16. The van der Waals surface area contributed by atoms with Crippen molar-refractivity contribution in [3.05, 3.63) is 64.7 Å². The highest BCUT2D eigenvalue weighted by Crippen LogP contribution is 2.44. The summed E-state index contributed by atoms with van der Waals surface area (Å²) < 4.78 is 5.91. The zero-order chi connectivity index (χ0) is 13.9. The highest BCUT2D eigenvalue weighted by atomic mass is 16.5. The topological polar surface area (TPSA) is 55.4 Å². The number of hydrogen-bond acceptors (Lipinski definition) is 3. The minimum atomic E-state index is -1.39. The molecule has 2 aliphatic heterocycles. The van der Waals surface area contributed by atoms with Crippen LogP contribution in [0.5, 0.6) is 5.75 Å². The summed E-state index contributed by atoms with van der Waals surface area (Å²) in [6.45, 7) is 1.88. The third-order valence-electron chi connectivity index (χ3n) is 3.87. The molecule has 2 aromatic carbocycles. The van der Waals surface area contributed by atoms with Gasteiger partial charge in [0, 0.05) is 11.1 Å². The van der Waals surface area contributed by atoms with E-state index in [1.54, 1.807) is 30.3 Å². The summed E-state index contributed by atoms with van der Waals surface area (Å²) in [5.74, 6) is 0.0587. The van der Waals surface area contributed by atoms with Crippen LogP contribution < -0.4 is 10.1 Å². The highest BCUT2D eigenvalue weighted by Gasteiger charge is 2.56. The Bertz CT molecular complexity index is 781. The quantitative estimate of drug-likeness (QED) is 0.794. The Morgan fingerprint density at radius 3 is 2.55 bits per heavy atom. The van der Waals surface area contributed by atoms with Gasteiger partial charge >= 0.3 is 0 Å². The SMILES string of the molecule is Cc1cccc2c1OC1(NC(=O)c3ccccc31)C2=O. The number of rotatable bonds is 0. The van der Waals surface area contributed by atoms with Gasteiger partial charge in [-0.2, -0.15) is 0 Å². The van der Waals surface area contributed by atoms with Gasteiger partial charge in [-0.05, 0) is 24.6 Å². The molecule has 0 bridgehead atoms. The van der Waals surface area contributed by atoms with Crippen LogP contribution in [0.2, 0.25) is 0 Å². The number of amides is 1. The molecule has 1 atom stereocenters. The Balaban J connectivity index is 1.97. The van der Waals surface area contributed by atoms with E-state index in [2.05, 4.69) is 5.32 Å². The van der Waals surface area contributed by atoms with Crippen molar-refractivity contribution in [2.45, 2.75) is 12.6 Å². The molecular weight excluding hydrogens is 254 g/mol. The number of hydrogen-bond donors (Lipinski definition) is 1. The molecule has 2 aliphatic rings. The molecule has 2 heterocycles. The average molecular weight is 265 g/mol. The number of para-hydroxylation sites is 1. The van der Waals surface area contributed by atoms with Gasteiger partial charge in [-0.1, -0.05) is 30.3 Å². The molecule has 4 nitrogen and oxygen atoms in total. The summed E-state index contributed by atoms with van der Waals surface area (Å²) in [6, 6.07) is 12.5. The average Bonchev–Trinajstić information content (AvgIpc) is 2.90. The molecular formula is C16H11NO3. The van der Waals surface area contributed by atoms with Crippen molar-refractivity contribution in [2.24, 2.45) is 0 Å². The number of carbonyl (C=O) groups excluding carboxylic acids is 2. The van der Waals surface area contributed by atoms with Gasteiger partial charge in [-0.3, -0.25) is 9.59 Å². The standard InChI is InChI=1S/C16H11NO3/c1-9-5-4-7-11-13(9)20-16(14(11)18)12-8-3-2-6-10(12)15(19)17-16/h2-8H,1H3,(H,17,19). The molecule has 1 spiro atoms. The maximum absolute atomic E-state index is 12.7. The fraction of sp³-hybridized carbons (Fsp3) is 0.125. The van der Waals surface area contributed by atoms with E-state index in [4.69, 9.17) is 4.74 Å². The van der Waals surface area contributed by atoms with Crippen molar-refractivity contribution in [3.63, 3.8) is 0 Å². The fourth-order valence-corrected chi connectivity index (χ4v) is 2.90. The summed E-state index contributed by atoms with van der Waals surface area (Å²) >= 11 is 0. The second kappa shape index (κ2) is 3.48. The van der Waals surface area contributed by atoms with Crippen molar-refractivity contribution in [2.75, 3.05) is 0 Å². The molecule has 2 aromatic rings. The van der Waals surface area contributed by atoms with Gasteiger partial charge in [0.05, 0.1) is 5.56 Å². The maximum atomic E-state index is 12.7. The smallest absolute Gasteiger partial charge is 0.274 e.